The highest BCUT2D eigenvalue weighted by molar-refractivity contribution is 5.45. The Bertz CT molecular complexity index is 473. The highest BCUT2D eigenvalue weighted by atomic mass is 15.0. The van der Waals surface area contributed by atoms with E-state index in [9.17, 15) is 0 Å². The van der Waals surface area contributed by atoms with Crippen LogP contribution in [-0.4, -0.2) is 9.38 Å². The lowest BCUT2D eigenvalue weighted by Gasteiger charge is -2.05. The van der Waals surface area contributed by atoms with Crippen LogP contribution in [0, 0.1) is 0 Å². The predicted molar refractivity (Wildman–Crippen MR) is 81.5 cm³/mol. The summed E-state index contributed by atoms with van der Waals surface area (Å²) >= 11 is 0. The molecule has 0 aliphatic heterocycles. The van der Waals surface area contributed by atoms with Gasteiger partial charge >= 0.3 is 0 Å². The van der Waals surface area contributed by atoms with Gasteiger partial charge in [0.05, 0.1) is 18.0 Å². The van der Waals surface area contributed by atoms with E-state index in [0.29, 0.717) is 0 Å². The van der Waals surface area contributed by atoms with E-state index in [4.69, 9.17) is 0 Å². The molecule has 19 heavy (non-hydrogen) atoms. The molecular formula is C17H26N2. The van der Waals surface area contributed by atoms with E-state index in [1.54, 1.807) is 0 Å². The maximum Gasteiger partial charge on any atom is 0.0994 e. The van der Waals surface area contributed by atoms with Crippen LogP contribution < -0.4 is 0 Å². The van der Waals surface area contributed by atoms with Crippen molar-refractivity contribution in [3.63, 3.8) is 0 Å². The third kappa shape index (κ3) is 4.38. The molecule has 0 unspecified atom stereocenters. The molecule has 0 spiro atoms. The van der Waals surface area contributed by atoms with Gasteiger partial charge < -0.3 is 4.40 Å². The van der Waals surface area contributed by atoms with Gasteiger partial charge in [-0.25, -0.2) is 4.98 Å². The first-order valence-corrected chi connectivity index (χ1v) is 7.82. The zero-order chi connectivity index (χ0) is 13.3. The summed E-state index contributed by atoms with van der Waals surface area (Å²) in [6, 6.07) is 6.47. The Balaban J connectivity index is 1.64. The largest absolute Gasteiger partial charge is 0.303 e. The van der Waals surface area contributed by atoms with Gasteiger partial charge in [0.15, 0.2) is 0 Å². The van der Waals surface area contributed by atoms with Crippen molar-refractivity contribution in [3.8, 4) is 0 Å². The van der Waals surface area contributed by atoms with Crippen molar-refractivity contribution in [1.82, 2.24) is 9.38 Å². The average Bonchev–Trinajstić information content (AvgIpc) is 2.91. The zero-order valence-corrected chi connectivity index (χ0v) is 12.1. The fourth-order valence-electron chi connectivity index (χ4n) is 2.65. The Labute approximate surface area is 116 Å². The van der Waals surface area contributed by atoms with Gasteiger partial charge in [-0.05, 0) is 25.0 Å². The monoisotopic (exact) mass is 258 g/mol. The minimum absolute atomic E-state index is 1.17. The van der Waals surface area contributed by atoms with Gasteiger partial charge in [0.25, 0.3) is 0 Å². The summed E-state index contributed by atoms with van der Waals surface area (Å²) in [5.41, 5.74) is 2.60. The van der Waals surface area contributed by atoms with Crippen molar-refractivity contribution in [2.24, 2.45) is 0 Å². The first-order chi connectivity index (χ1) is 9.42. The molecule has 2 heterocycles. The SMILES string of the molecule is CCCCCCCCCCc1cccc2cncn12. The van der Waals surface area contributed by atoms with E-state index >= 15 is 0 Å². The van der Waals surface area contributed by atoms with Gasteiger partial charge in [0.2, 0.25) is 0 Å². The van der Waals surface area contributed by atoms with Crippen LogP contribution in [0.4, 0.5) is 0 Å². The number of hydrogen-bond acceptors (Lipinski definition) is 1. The number of hydrogen-bond donors (Lipinski definition) is 0. The van der Waals surface area contributed by atoms with Gasteiger partial charge in [-0.3, -0.25) is 0 Å². The van der Waals surface area contributed by atoms with Gasteiger partial charge in [0.1, 0.15) is 0 Å². The zero-order valence-electron chi connectivity index (χ0n) is 12.1. The summed E-state index contributed by atoms with van der Waals surface area (Å²) < 4.78 is 2.21. The predicted octanol–water partition coefficient (Wildman–Crippen LogP) is 5.02. The number of aryl methyl sites for hydroxylation is 1. The smallest absolute Gasteiger partial charge is 0.0994 e. The summed E-state index contributed by atoms with van der Waals surface area (Å²) in [5, 5.41) is 0. The van der Waals surface area contributed by atoms with Gasteiger partial charge in [-0.15, -0.1) is 0 Å². The third-order valence-electron chi connectivity index (χ3n) is 3.82. The Morgan fingerprint density at radius 1 is 0.947 bits per heavy atom. The number of pyridine rings is 1. The van der Waals surface area contributed by atoms with Crippen molar-refractivity contribution in [1.29, 1.82) is 0 Å². The van der Waals surface area contributed by atoms with Crippen LogP contribution in [0.2, 0.25) is 0 Å². The molecule has 0 saturated heterocycles. The molecule has 0 aliphatic rings. The minimum atomic E-state index is 1.17. The van der Waals surface area contributed by atoms with Crippen molar-refractivity contribution in [2.75, 3.05) is 0 Å². The molecule has 2 nitrogen and oxygen atoms in total. The van der Waals surface area contributed by atoms with Crippen LogP contribution in [-0.2, 0) is 6.42 Å². The second-order valence-electron chi connectivity index (χ2n) is 5.43. The van der Waals surface area contributed by atoms with E-state index in [1.165, 1.54) is 69.0 Å². The molecule has 0 N–H and O–H groups in total. The second kappa shape index (κ2) is 7.98. The lowest BCUT2D eigenvalue weighted by Crippen LogP contribution is -1.95. The van der Waals surface area contributed by atoms with Gasteiger partial charge in [0, 0.05) is 5.69 Å². The third-order valence-corrected chi connectivity index (χ3v) is 3.82. The molecule has 2 aromatic rings. The highest BCUT2D eigenvalue weighted by Gasteiger charge is 2.00. The number of aromatic nitrogens is 2. The molecule has 0 fully saturated rings. The lowest BCUT2D eigenvalue weighted by atomic mass is 10.1. The second-order valence-corrected chi connectivity index (χ2v) is 5.43. The van der Waals surface area contributed by atoms with Crippen LogP contribution in [0.15, 0.2) is 30.7 Å². The molecule has 0 bridgehead atoms. The number of imidazole rings is 1. The Hall–Kier alpha value is -1.31. The maximum absolute atomic E-state index is 4.21. The van der Waals surface area contributed by atoms with Gasteiger partial charge in [-0.1, -0.05) is 57.9 Å². The molecule has 2 rings (SSSR count). The van der Waals surface area contributed by atoms with Crippen molar-refractivity contribution in [3.05, 3.63) is 36.4 Å². The molecule has 0 amide bonds. The van der Waals surface area contributed by atoms with Crippen LogP contribution >= 0.6 is 0 Å². The van der Waals surface area contributed by atoms with Gasteiger partial charge in [-0.2, -0.15) is 0 Å². The van der Waals surface area contributed by atoms with E-state index < -0.39 is 0 Å². The van der Waals surface area contributed by atoms with E-state index in [-0.39, 0.29) is 0 Å². The maximum atomic E-state index is 4.21. The minimum Gasteiger partial charge on any atom is -0.303 e. The molecule has 2 aromatic heterocycles. The first-order valence-electron chi connectivity index (χ1n) is 7.82. The molecule has 2 heteroatoms. The standard InChI is InChI=1S/C17H26N2/c1-2-3-4-5-6-7-8-9-11-16-12-10-13-17-14-18-15-19(16)17/h10,12-15H,2-9,11H2,1H3. The first kappa shape index (κ1) is 14.1. The number of rotatable bonds is 9. The van der Waals surface area contributed by atoms with Crippen LogP contribution in [0.5, 0.6) is 0 Å². The van der Waals surface area contributed by atoms with Crippen molar-refractivity contribution in [2.45, 2.75) is 64.7 Å². The fraction of sp³-hybridized carbons (Fsp3) is 0.588. The lowest BCUT2D eigenvalue weighted by molar-refractivity contribution is 0.573. The molecular weight excluding hydrogens is 232 g/mol. The molecule has 0 aromatic carbocycles. The van der Waals surface area contributed by atoms with Crippen LogP contribution in [0.1, 0.15) is 64.0 Å². The molecule has 0 aliphatic carbocycles. The Morgan fingerprint density at radius 3 is 2.47 bits per heavy atom. The molecule has 104 valence electrons. The van der Waals surface area contributed by atoms with E-state index in [2.05, 4.69) is 34.5 Å². The highest BCUT2D eigenvalue weighted by Crippen LogP contribution is 2.13. The molecule has 0 saturated carbocycles. The number of unbranched alkanes of at least 4 members (excludes halogenated alkanes) is 7. The quantitative estimate of drug-likeness (QED) is 0.577. The van der Waals surface area contributed by atoms with Crippen LogP contribution in [0.3, 0.4) is 0 Å². The summed E-state index contributed by atoms with van der Waals surface area (Å²) in [6.07, 6.45) is 16.1. The Kier molecular flexibility index (Phi) is 5.93. The summed E-state index contributed by atoms with van der Waals surface area (Å²) in [5.74, 6) is 0. The van der Waals surface area contributed by atoms with Crippen LogP contribution in [0.25, 0.3) is 5.52 Å². The molecule has 0 atom stereocenters. The summed E-state index contributed by atoms with van der Waals surface area (Å²) in [6.45, 7) is 2.27. The fourth-order valence-corrected chi connectivity index (χ4v) is 2.65. The average molecular weight is 258 g/mol. The Morgan fingerprint density at radius 2 is 1.68 bits per heavy atom. The number of nitrogens with zero attached hydrogens (tertiary/aromatic N) is 2. The normalized spacial score (nSPS) is 11.2. The van der Waals surface area contributed by atoms with Crippen molar-refractivity contribution < 1.29 is 0 Å². The van der Waals surface area contributed by atoms with E-state index in [1.807, 2.05) is 12.5 Å². The number of fused-ring (bicyclic) bond motifs is 1. The topological polar surface area (TPSA) is 17.3 Å². The molecule has 0 radical (unpaired) electrons. The van der Waals surface area contributed by atoms with Crippen molar-refractivity contribution >= 4 is 5.52 Å². The summed E-state index contributed by atoms with van der Waals surface area (Å²) in [4.78, 5) is 4.21. The summed E-state index contributed by atoms with van der Waals surface area (Å²) in [7, 11) is 0. The van der Waals surface area contributed by atoms with E-state index in [0.717, 1.165) is 0 Å².